The Morgan fingerprint density at radius 2 is 1.72 bits per heavy atom. The van der Waals surface area contributed by atoms with Gasteiger partial charge >= 0.3 is 0 Å². The summed E-state index contributed by atoms with van der Waals surface area (Å²) in [7, 11) is 0. The fraction of sp³-hybridized carbons (Fsp3) is 0.103. The van der Waals surface area contributed by atoms with Gasteiger partial charge < -0.3 is 15.5 Å². The van der Waals surface area contributed by atoms with Gasteiger partial charge in [0.1, 0.15) is 16.9 Å². The van der Waals surface area contributed by atoms with Crippen molar-refractivity contribution in [3.05, 3.63) is 103 Å². The van der Waals surface area contributed by atoms with Crippen LogP contribution in [-0.4, -0.2) is 32.5 Å². The average Bonchev–Trinajstić information content (AvgIpc) is 3.40. The monoisotopic (exact) mass is 472 g/mol. The first-order valence-corrected chi connectivity index (χ1v) is 11.8. The lowest BCUT2D eigenvalue weighted by Gasteiger charge is -2.16. The molecule has 6 aromatic rings. The summed E-state index contributed by atoms with van der Waals surface area (Å²) in [6.07, 6.45) is 7.73. The highest BCUT2D eigenvalue weighted by atomic mass is 16.3. The van der Waals surface area contributed by atoms with Crippen LogP contribution in [0.3, 0.4) is 0 Å². The molecular formula is C29H24N6O. The largest absolute Gasteiger partial charge is 0.464 e. The quantitative estimate of drug-likeness (QED) is 0.317. The predicted octanol–water partition coefficient (Wildman–Crippen LogP) is 5.48. The summed E-state index contributed by atoms with van der Waals surface area (Å²) in [6.45, 7) is 0.565. The minimum Gasteiger partial charge on any atom is -0.464 e. The van der Waals surface area contributed by atoms with Crippen LogP contribution in [0.5, 0.6) is 0 Å². The smallest absolute Gasteiger partial charge is 0.162 e. The minimum absolute atomic E-state index is 0.0772. The van der Waals surface area contributed by atoms with Crippen LogP contribution in [0.2, 0.25) is 0 Å². The van der Waals surface area contributed by atoms with E-state index >= 15 is 0 Å². The van der Waals surface area contributed by atoms with Crippen LogP contribution in [-0.2, 0) is 6.42 Å². The number of anilines is 1. The molecule has 7 nitrogen and oxygen atoms in total. The van der Waals surface area contributed by atoms with Gasteiger partial charge in [-0.05, 0) is 54.4 Å². The number of nitrogens with one attached hydrogen (secondary N) is 1. The Kier molecular flexibility index (Phi) is 5.81. The summed E-state index contributed by atoms with van der Waals surface area (Å²) in [4.78, 5) is 18.7. The first kappa shape index (κ1) is 21.9. The number of pyridine rings is 2. The molecule has 6 rings (SSSR count). The third-order valence-corrected chi connectivity index (χ3v) is 6.15. The number of nitrogens with zero attached hydrogens (tertiary/aromatic N) is 4. The normalized spacial score (nSPS) is 12.1. The summed E-state index contributed by atoms with van der Waals surface area (Å²) >= 11 is 0. The van der Waals surface area contributed by atoms with Crippen molar-refractivity contribution in [2.75, 3.05) is 11.9 Å². The molecule has 176 valence electrons. The van der Waals surface area contributed by atoms with Crippen molar-refractivity contribution in [2.45, 2.75) is 12.5 Å². The van der Waals surface area contributed by atoms with E-state index in [9.17, 15) is 0 Å². The van der Waals surface area contributed by atoms with Gasteiger partial charge in [-0.25, -0.2) is 9.97 Å². The predicted molar refractivity (Wildman–Crippen MR) is 142 cm³/mol. The molecule has 0 bridgehead atoms. The standard InChI is InChI=1S/C29H24N6O/c30-23(16-19-4-2-1-3-5-19)18-33-29-24-10-14-32-26(22-6-7-25-21(17-22)11-15-36-25)27(24)34-28(35-29)20-8-12-31-13-9-20/h1-15,17,23H,16,18,30H2,(H,33,34,35)/t23-/m0/s1. The lowest BCUT2D eigenvalue weighted by Crippen LogP contribution is -2.31. The molecule has 0 aliphatic heterocycles. The number of hydrogen-bond acceptors (Lipinski definition) is 7. The zero-order chi connectivity index (χ0) is 24.3. The van der Waals surface area contributed by atoms with E-state index in [2.05, 4.69) is 28.5 Å². The van der Waals surface area contributed by atoms with Crippen LogP contribution in [0, 0.1) is 0 Å². The maximum atomic E-state index is 6.48. The summed E-state index contributed by atoms with van der Waals surface area (Å²) in [5.74, 6) is 1.33. The Balaban J connectivity index is 1.42. The van der Waals surface area contributed by atoms with E-state index in [1.165, 1.54) is 5.56 Å². The molecule has 1 atom stereocenters. The van der Waals surface area contributed by atoms with Crippen LogP contribution in [0.4, 0.5) is 5.82 Å². The van der Waals surface area contributed by atoms with E-state index in [0.717, 1.165) is 50.9 Å². The van der Waals surface area contributed by atoms with E-state index in [4.69, 9.17) is 25.1 Å². The van der Waals surface area contributed by atoms with Gasteiger partial charge in [-0.15, -0.1) is 0 Å². The van der Waals surface area contributed by atoms with Crippen LogP contribution in [0.15, 0.2) is 102 Å². The lowest BCUT2D eigenvalue weighted by atomic mass is 10.1. The SMILES string of the molecule is N[C@H](CNc1nc(-c2ccncc2)nc2c(-c3ccc4occc4c3)nccc12)Cc1ccccc1. The molecule has 0 saturated heterocycles. The number of aromatic nitrogens is 4. The average molecular weight is 473 g/mol. The van der Waals surface area contributed by atoms with Crippen LogP contribution in [0.1, 0.15) is 5.56 Å². The molecule has 0 aliphatic rings. The van der Waals surface area contributed by atoms with E-state index in [1.54, 1.807) is 24.9 Å². The highest BCUT2D eigenvalue weighted by Crippen LogP contribution is 2.32. The molecule has 2 aromatic carbocycles. The van der Waals surface area contributed by atoms with Gasteiger partial charge in [-0.1, -0.05) is 30.3 Å². The summed E-state index contributed by atoms with van der Waals surface area (Å²) in [6, 6.07) is 23.9. The zero-order valence-electron chi connectivity index (χ0n) is 19.5. The van der Waals surface area contributed by atoms with Gasteiger partial charge in [0, 0.05) is 53.1 Å². The Hall–Kier alpha value is -4.62. The fourth-order valence-electron chi connectivity index (χ4n) is 4.36. The molecule has 0 spiro atoms. The zero-order valence-corrected chi connectivity index (χ0v) is 19.5. The second-order valence-corrected chi connectivity index (χ2v) is 8.69. The molecular weight excluding hydrogens is 448 g/mol. The Bertz CT molecular complexity index is 1630. The van der Waals surface area contributed by atoms with Gasteiger partial charge in [-0.2, -0.15) is 0 Å². The molecule has 36 heavy (non-hydrogen) atoms. The number of fused-ring (bicyclic) bond motifs is 2. The van der Waals surface area contributed by atoms with E-state index < -0.39 is 0 Å². The maximum Gasteiger partial charge on any atom is 0.162 e. The van der Waals surface area contributed by atoms with Crippen molar-refractivity contribution in [2.24, 2.45) is 5.73 Å². The summed E-state index contributed by atoms with van der Waals surface area (Å²) in [5.41, 5.74) is 11.9. The van der Waals surface area contributed by atoms with Gasteiger partial charge in [0.2, 0.25) is 0 Å². The van der Waals surface area contributed by atoms with Crippen molar-refractivity contribution in [3.8, 4) is 22.6 Å². The number of hydrogen-bond donors (Lipinski definition) is 2. The van der Waals surface area contributed by atoms with E-state index in [-0.39, 0.29) is 6.04 Å². The minimum atomic E-state index is -0.0772. The lowest BCUT2D eigenvalue weighted by molar-refractivity contribution is 0.616. The third-order valence-electron chi connectivity index (χ3n) is 6.15. The molecule has 0 aliphatic carbocycles. The Labute approximate surface area is 208 Å². The summed E-state index contributed by atoms with van der Waals surface area (Å²) < 4.78 is 5.52. The Morgan fingerprint density at radius 3 is 2.58 bits per heavy atom. The fourth-order valence-corrected chi connectivity index (χ4v) is 4.36. The molecule has 0 saturated carbocycles. The summed E-state index contributed by atoms with van der Waals surface area (Å²) in [5, 5.41) is 5.39. The number of benzene rings is 2. The molecule has 4 heterocycles. The highest BCUT2D eigenvalue weighted by molar-refractivity contribution is 5.99. The molecule has 0 amide bonds. The molecule has 7 heteroatoms. The van der Waals surface area contributed by atoms with Crippen molar-refractivity contribution >= 4 is 27.7 Å². The molecule has 3 N–H and O–H groups in total. The van der Waals surface area contributed by atoms with Crippen LogP contribution >= 0.6 is 0 Å². The second-order valence-electron chi connectivity index (χ2n) is 8.69. The van der Waals surface area contributed by atoms with Gasteiger partial charge in [-0.3, -0.25) is 9.97 Å². The van der Waals surface area contributed by atoms with Crippen molar-refractivity contribution < 1.29 is 4.42 Å². The first-order chi connectivity index (χ1) is 17.7. The van der Waals surface area contributed by atoms with Crippen molar-refractivity contribution in [1.29, 1.82) is 0 Å². The molecule has 0 unspecified atom stereocenters. The van der Waals surface area contributed by atoms with E-state index in [1.807, 2.05) is 54.6 Å². The number of furan rings is 1. The number of nitrogens with two attached hydrogens (primary N) is 1. The Morgan fingerprint density at radius 1 is 0.861 bits per heavy atom. The molecule has 0 fully saturated rings. The molecule has 0 radical (unpaired) electrons. The number of rotatable bonds is 7. The topological polar surface area (TPSA) is 103 Å². The van der Waals surface area contributed by atoms with Crippen LogP contribution < -0.4 is 11.1 Å². The van der Waals surface area contributed by atoms with Crippen LogP contribution in [0.25, 0.3) is 44.5 Å². The highest BCUT2D eigenvalue weighted by Gasteiger charge is 2.16. The van der Waals surface area contributed by atoms with Gasteiger partial charge in [0.15, 0.2) is 5.82 Å². The first-order valence-electron chi connectivity index (χ1n) is 11.8. The van der Waals surface area contributed by atoms with Crippen molar-refractivity contribution in [3.63, 3.8) is 0 Å². The van der Waals surface area contributed by atoms with Gasteiger partial charge in [0.25, 0.3) is 0 Å². The second kappa shape index (κ2) is 9.56. The van der Waals surface area contributed by atoms with Gasteiger partial charge in [0.05, 0.1) is 12.0 Å². The third kappa shape index (κ3) is 4.39. The maximum absolute atomic E-state index is 6.48. The molecule has 4 aromatic heterocycles. The van der Waals surface area contributed by atoms with Crippen molar-refractivity contribution in [1.82, 2.24) is 19.9 Å². The van der Waals surface area contributed by atoms with E-state index in [0.29, 0.717) is 12.4 Å².